The van der Waals surface area contributed by atoms with Crippen LogP contribution in [-0.4, -0.2) is 193 Å². The van der Waals surface area contributed by atoms with Gasteiger partial charge in [-0.3, -0.25) is 64.5 Å². The molecule has 32 heteroatoms. The molecule has 0 spiro atoms. The van der Waals surface area contributed by atoms with Crippen LogP contribution >= 0.6 is 0 Å². The minimum absolute atomic E-state index is 0.00443. The average molecular weight is 1740 g/mol. The molecular formula is C96H102F3N19O10. The Labute approximate surface area is 736 Å². The molecule has 8 aromatic heterocycles. The van der Waals surface area contributed by atoms with E-state index in [0.717, 1.165) is 130 Å². The van der Waals surface area contributed by atoms with E-state index in [4.69, 9.17) is 23.7 Å². The van der Waals surface area contributed by atoms with Crippen molar-refractivity contribution in [2.24, 2.45) is 0 Å². The summed E-state index contributed by atoms with van der Waals surface area (Å²) >= 11 is 0. The molecule has 1 saturated carbocycles. The van der Waals surface area contributed by atoms with E-state index in [-0.39, 0.29) is 48.1 Å². The molecule has 8 heterocycles. The van der Waals surface area contributed by atoms with Gasteiger partial charge in [-0.2, -0.15) is 43.8 Å². The number of nitrogens with zero attached hydrogens (tertiary/aromatic N) is 13. The molecule has 17 rings (SSSR count). The van der Waals surface area contributed by atoms with Crippen LogP contribution in [0.25, 0.3) is 65.4 Å². The molecule has 1 aliphatic carbocycles. The van der Waals surface area contributed by atoms with Crippen molar-refractivity contribution in [2.75, 3.05) is 68.3 Å². The lowest BCUT2D eigenvalue weighted by molar-refractivity contribution is -0.138. The Balaban J connectivity index is 0.000000137. The second-order valence-electron chi connectivity index (χ2n) is 30.8. The largest absolute Gasteiger partial charge is 0.493 e. The minimum Gasteiger partial charge on any atom is -0.493 e. The molecule has 0 aliphatic heterocycles. The molecule has 1 aliphatic rings. The predicted molar refractivity (Wildman–Crippen MR) is 484 cm³/mol. The Hall–Kier alpha value is -15.0. The SMILES string of the molecule is CCCOc1cc(C(=O)N(C)Cc2cccc3cn[nH]c23)ccc1C1CC1.CCCOc1ccnc(C(=O)N(C)Cc2cccc3cn[nH]c23)c1.CCCOc1cncc(C(=O)N(C)Cc2cccc3cn[nH]c23)c1.CCOc1cc(C(=O)N(C)Cc2cccc3cn[nH]c23)cc2cn[nH]c12.CCOc1cc(C(=O)N(C)Cc2cccc3cn[nH]c23)ccc1C(F)(F)F. The first-order chi connectivity index (χ1) is 62.0. The number of para-hydroxylation sites is 5. The Morgan fingerprint density at radius 3 is 1.16 bits per heavy atom. The molecule has 16 aromatic rings. The molecule has 8 aromatic carbocycles. The van der Waals surface area contributed by atoms with Gasteiger partial charge >= 0.3 is 6.18 Å². The van der Waals surface area contributed by atoms with E-state index in [1.807, 2.05) is 137 Å². The second kappa shape index (κ2) is 42.6. The Kier molecular flexibility index (Phi) is 30.2. The molecule has 0 radical (unpaired) electrons. The Morgan fingerprint density at radius 2 is 0.734 bits per heavy atom. The number of hydrogen-bond donors (Lipinski definition) is 6. The summed E-state index contributed by atoms with van der Waals surface area (Å²) in [7, 11) is 8.75. The standard InChI is InChI=1S/C22H25N3O2.C19H18F3N3O2.C19H19N5O2.2C18H20N4O2/c1-3-11-27-20-12-16(9-10-19(20)15-7-8-15)22(26)25(2)14-18-6-4-5-17-13-23-24-21(17)18;1-3-27-16-9-12(7-8-15(16)19(20,21)22)18(26)25(2)11-14-6-4-5-13-10-23-24-17(13)14;1-3-26-16-8-14(7-15-10-21-23-18(15)16)19(25)24(2)11-13-6-4-5-12-9-20-22-17(12)13;1-3-9-24-15-7-8-19-16(10-15)18(23)22(2)12-14-6-4-5-13-11-20-21-17(13)14;1-3-7-24-16-8-15(9-19-11-16)18(23)22(2)12-14-6-4-5-13-10-20-21-17(13)14/h4-6,9-10,12-13,15H,3,7-8,11,14H2,1-2H3,(H,23,24);4-10H,3,11H2,1-2H3,(H,23,24);4-10H,3,11H2,1-2H3,(H,20,22)(H,21,23);4-8,10-11H,3,9,12H2,1-2H3,(H,20,21);4-6,8-11H,3,7,12H2,1-2H3,(H,20,21). The van der Waals surface area contributed by atoms with Crippen molar-refractivity contribution < 1.29 is 60.8 Å². The summed E-state index contributed by atoms with van der Waals surface area (Å²) in [6.07, 6.45) is 16.0. The number of H-pyrrole nitrogens is 6. The molecule has 5 amide bonds. The van der Waals surface area contributed by atoms with Crippen LogP contribution in [-0.2, 0) is 38.9 Å². The third-order valence-corrected chi connectivity index (χ3v) is 21.1. The number of aromatic nitrogens is 14. The average Bonchev–Trinajstić information content (AvgIpc) is 1.70. The summed E-state index contributed by atoms with van der Waals surface area (Å²) in [5.41, 5.74) is 13.0. The highest BCUT2D eigenvalue weighted by Gasteiger charge is 2.35. The molecule has 0 saturated heterocycles. The number of aromatic amines is 6. The van der Waals surface area contributed by atoms with E-state index in [0.29, 0.717) is 98.2 Å². The number of amides is 5. The van der Waals surface area contributed by atoms with E-state index in [2.05, 4.69) is 84.1 Å². The van der Waals surface area contributed by atoms with Gasteiger partial charge in [0.25, 0.3) is 29.5 Å². The molecule has 0 bridgehead atoms. The lowest BCUT2D eigenvalue weighted by atomic mass is 10.1. The van der Waals surface area contributed by atoms with Gasteiger partial charge < -0.3 is 48.2 Å². The Morgan fingerprint density at radius 1 is 0.359 bits per heavy atom. The normalized spacial score (nSPS) is 11.6. The molecular weight excluding hydrogens is 1640 g/mol. The van der Waals surface area contributed by atoms with Crippen molar-refractivity contribution in [2.45, 2.75) is 112 Å². The van der Waals surface area contributed by atoms with Gasteiger partial charge in [0.2, 0.25) is 0 Å². The molecule has 6 N–H and O–H groups in total. The molecule has 0 atom stereocenters. The van der Waals surface area contributed by atoms with Gasteiger partial charge in [-0.25, -0.2) is 0 Å². The van der Waals surface area contributed by atoms with Crippen LogP contribution in [0, 0.1) is 0 Å². The van der Waals surface area contributed by atoms with Crippen LogP contribution < -0.4 is 23.7 Å². The topological polar surface area (TPSA) is 346 Å². The molecule has 29 nitrogen and oxygen atoms in total. The maximum atomic E-state index is 13.1. The van der Waals surface area contributed by atoms with Crippen molar-refractivity contribution in [1.29, 1.82) is 0 Å². The number of pyridine rings is 2. The summed E-state index contributed by atoms with van der Waals surface area (Å²) in [6, 6.07) is 47.4. The van der Waals surface area contributed by atoms with Crippen LogP contribution in [0.5, 0.6) is 28.7 Å². The van der Waals surface area contributed by atoms with Gasteiger partial charge in [-0.15, -0.1) is 0 Å². The van der Waals surface area contributed by atoms with Crippen molar-refractivity contribution in [1.82, 2.24) is 95.7 Å². The maximum Gasteiger partial charge on any atom is 0.419 e. The Bertz CT molecular complexity index is 6350. The highest BCUT2D eigenvalue weighted by Crippen LogP contribution is 2.45. The number of benzene rings is 8. The van der Waals surface area contributed by atoms with Gasteiger partial charge in [0.05, 0.1) is 115 Å². The number of carbonyl (C=O) groups is 5. The fraction of sp³-hybridized carbons (Fsp3) is 0.281. The monoisotopic (exact) mass is 1740 g/mol. The zero-order valence-corrected chi connectivity index (χ0v) is 72.9. The van der Waals surface area contributed by atoms with Crippen molar-refractivity contribution >= 4 is 95.0 Å². The fourth-order valence-electron chi connectivity index (χ4n) is 14.5. The lowest BCUT2D eigenvalue weighted by Crippen LogP contribution is -2.27. The zero-order valence-electron chi connectivity index (χ0n) is 72.9. The fourth-order valence-corrected chi connectivity index (χ4v) is 14.5. The van der Waals surface area contributed by atoms with Gasteiger partial charge in [0, 0.05) is 135 Å². The summed E-state index contributed by atoms with van der Waals surface area (Å²) in [5, 5.41) is 48.0. The second-order valence-corrected chi connectivity index (χ2v) is 30.8. The van der Waals surface area contributed by atoms with Crippen LogP contribution in [0.15, 0.2) is 213 Å². The van der Waals surface area contributed by atoms with E-state index < -0.39 is 17.6 Å². The number of carbonyl (C=O) groups excluding carboxylic acids is 5. The number of fused-ring (bicyclic) bond motifs is 6. The summed E-state index contributed by atoms with van der Waals surface area (Å²) < 4.78 is 67.1. The quantitative estimate of drug-likeness (QED) is 0.0254. The van der Waals surface area contributed by atoms with Crippen molar-refractivity contribution in [3.05, 3.63) is 280 Å². The smallest absolute Gasteiger partial charge is 0.419 e. The van der Waals surface area contributed by atoms with Crippen LogP contribution in [0.1, 0.15) is 164 Å². The van der Waals surface area contributed by atoms with E-state index in [1.165, 1.54) is 29.4 Å². The van der Waals surface area contributed by atoms with Crippen molar-refractivity contribution in [3.8, 4) is 28.7 Å². The number of ether oxygens (including phenoxy) is 5. The molecule has 662 valence electrons. The number of rotatable bonds is 29. The van der Waals surface area contributed by atoms with E-state index in [9.17, 15) is 37.1 Å². The van der Waals surface area contributed by atoms with E-state index in [1.54, 1.807) is 135 Å². The maximum absolute atomic E-state index is 13.1. The number of nitrogens with one attached hydrogen (secondary N) is 6. The predicted octanol–water partition coefficient (Wildman–Crippen LogP) is 17.9. The number of alkyl halides is 3. The molecule has 128 heavy (non-hydrogen) atoms. The number of hydrogen-bond acceptors (Lipinski definition) is 18. The van der Waals surface area contributed by atoms with Crippen LogP contribution in [0.2, 0.25) is 0 Å². The first kappa shape index (κ1) is 90.7. The van der Waals surface area contributed by atoms with Crippen molar-refractivity contribution in [3.63, 3.8) is 0 Å². The van der Waals surface area contributed by atoms with Gasteiger partial charge in [-0.1, -0.05) is 118 Å². The van der Waals surface area contributed by atoms with Gasteiger partial charge in [0.1, 0.15) is 40.0 Å². The first-order valence-electron chi connectivity index (χ1n) is 42.2. The first-order valence-corrected chi connectivity index (χ1v) is 42.2. The summed E-state index contributed by atoms with van der Waals surface area (Å²) in [4.78, 5) is 80.4. The van der Waals surface area contributed by atoms with Gasteiger partial charge in [0.15, 0.2) is 0 Å². The number of halogens is 3. The highest BCUT2D eigenvalue weighted by atomic mass is 19.4. The minimum atomic E-state index is -4.55. The summed E-state index contributed by atoms with van der Waals surface area (Å²) in [6.45, 7) is 14.4. The highest BCUT2D eigenvalue weighted by molar-refractivity contribution is 6.01. The third-order valence-electron chi connectivity index (χ3n) is 21.1. The van der Waals surface area contributed by atoms with E-state index >= 15 is 0 Å². The lowest BCUT2D eigenvalue weighted by Gasteiger charge is -2.19. The summed E-state index contributed by atoms with van der Waals surface area (Å²) in [5.74, 6) is 2.31. The third kappa shape index (κ3) is 22.6. The van der Waals surface area contributed by atoms with Gasteiger partial charge in [-0.05, 0) is 140 Å². The van der Waals surface area contributed by atoms with Crippen LogP contribution in [0.3, 0.4) is 0 Å². The molecule has 1 fully saturated rings. The zero-order chi connectivity index (χ0) is 90.4. The van der Waals surface area contributed by atoms with Crippen LogP contribution in [0.4, 0.5) is 13.2 Å². The molecule has 0 unspecified atom stereocenters.